The van der Waals surface area contributed by atoms with Gasteiger partial charge in [-0.1, -0.05) is 13.8 Å². The molecule has 3 nitrogen and oxygen atoms in total. The number of hydrogen-bond acceptors (Lipinski definition) is 4. The van der Waals surface area contributed by atoms with Crippen molar-refractivity contribution in [2.75, 3.05) is 23.7 Å². The second kappa shape index (κ2) is 5.31. The van der Waals surface area contributed by atoms with Crippen molar-refractivity contribution < 1.29 is 4.79 Å². The molecule has 1 aliphatic rings. The van der Waals surface area contributed by atoms with E-state index < -0.39 is 0 Å². The van der Waals surface area contributed by atoms with E-state index in [2.05, 4.69) is 23.7 Å². The predicted molar refractivity (Wildman–Crippen MR) is 77.6 cm³/mol. The molecule has 2 rings (SSSR count). The fraction of sp³-hybridized carbons (Fsp3) is 0.571. The van der Waals surface area contributed by atoms with Gasteiger partial charge in [0.15, 0.2) is 5.78 Å². The van der Waals surface area contributed by atoms with Gasteiger partial charge < -0.3 is 4.90 Å². The van der Waals surface area contributed by atoms with Gasteiger partial charge in [0, 0.05) is 35.3 Å². The number of aromatic nitrogens is 1. The standard InChI is InChI=1S/C14H20N2OS/c1-11(17)12-4-5-13(15-10-12)16-7-6-14(2,3)18-9-8-16/h4-5,10H,6-9H2,1-3H3. The van der Waals surface area contributed by atoms with E-state index in [9.17, 15) is 4.79 Å². The van der Waals surface area contributed by atoms with Crippen LogP contribution in [0.25, 0.3) is 0 Å². The Hall–Kier alpha value is -1.03. The van der Waals surface area contributed by atoms with E-state index in [1.54, 1.807) is 13.1 Å². The summed E-state index contributed by atoms with van der Waals surface area (Å²) in [5.41, 5.74) is 0.684. The molecule has 4 heteroatoms. The lowest BCUT2D eigenvalue weighted by Crippen LogP contribution is -2.27. The van der Waals surface area contributed by atoms with Gasteiger partial charge in [0.1, 0.15) is 5.82 Å². The summed E-state index contributed by atoms with van der Waals surface area (Å²) in [4.78, 5) is 17.9. The molecule has 0 N–H and O–H groups in total. The summed E-state index contributed by atoms with van der Waals surface area (Å²) in [6.45, 7) is 8.23. The normalized spacial score (nSPS) is 19.4. The summed E-state index contributed by atoms with van der Waals surface area (Å²) < 4.78 is 0.355. The first-order valence-corrected chi connectivity index (χ1v) is 7.32. The third kappa shape index (κ3) is 3.25. The third-order valence-corrected chi connectivity index (χ3v) is 4.69. The lowest BCUT2D eigenvalue weighted by atomic mass is 10.1. The minimum Gasteiger partial charge on any atom is -0.356 e. The van der Waals surface area contributed by atoms with Gasteiger partial charge in [-0.25, -0.2) is 4.98 Å². The fourth-order valence-electron chi connectivity index (χ4n) is 2.03. The topological polar surface area (TPSA) is 33.2 Å². The maximum atomic E-state index is 11.2. The van der Waals surface area contributed by atoms with Crippen LogP contribution in [0.15, 0.2) is 18.3 Å². The molecule has 2 heterocycles. The van der Waals surface area contributed by atoms with E-state index in [0.717, 1.165) is 31.1 Å². The minimum atomic E-state index is 0.0709. The van der Waals surface area contributed by atoms with Crippen LogP contribution in [0.4, 0.5) is 5.82 Å². The maximum Gasteiger partial charge on any atom is 0.161 e. The Morgan fingerprint density at radius 2 is 2.17 bits per heavy atom. The maximum absolute atomic E-state index is 11.2. The summed E-state index contributed by atoms with van der Waals surface area (Å²) in [6.07, 6.45) is 2.84. The number of hydrogen-bond donors (Lipinski definition) is 0. The molecule has 0 unspecified atom stereocenters. The number of carbonyl (C=O) groups excluding carboxylic acids is 1. The first-order chi connectivity index (χ1) is 8.48. The highest BCUT2D eigenvalue weighted by Gasteiger charge is 2.24. The van der Waals surface area contributed by atoms with Crippen LogP contribution < -0.4 is 4.90 Å². The second-order valence-corrected chi connectivity index (χ2v) is 7.11. The molecule has 0 radical (unpaired) electrons. The van der Waals surface area contributed by atoms with Gasteiger partial charge >= 0.3 is 0 Å². The third-order valence-electron chi connectivity index (χ3n) is 3.32. The van der Waals surface area contributed by atoms with E-state index in [-0.39, 0.29) is 5.78 Å². The average molecular weight is 264 g/mol. The Balaban J connectivity index is 2.09. The van der Waals surface area contributed by atoms with Crippen molar-refractivity contribution >= 4 is 23.4 Å². The molecule has 0 aliphatic carbocycles. The van der Waals surface area contributed by atoms with Crippen molar-refractivity contribution in [2.45, 2.75) is 31.9 Å². The van der Waals surface area contributed by atoms with Crippen LogP contribution in [0.2, 0.25) is 0 Å². The summed E-state index contributed by atoms with van der Waals surface area (Å²) in [6, 6.07) is 3.83. The van der Waals surface area contributed by atoms with Gasteiger partial charge in [0.25, 0.3) is 0 Å². The Bertz CT molecular complexity index is 428. The Morgan fingerprint density at radius 1 is 1.39 bits per heavy atom. The molecule has 0 bridgehead atoms. The second-order valence-electron chi connectivity index (χ2n) is 5.31. The van der Waals surface area contributed by atoms with Crippen LogP contribution in [-0.2, 0) is 0 Å². The van der Waals surface area contributed by atoms with E-state index in [0.29, 0.717) is 10.3 Å². The number of thioether (sulfide) groups is 1. The summed E-state index contributed by atoms with van der Waals surface area (Å²) >= 11 is 2.02. The molecular formula is C14H20N2OS. The van der Waals surface area contributed by atoms with Crippen LogP contribution >= 0.6 is 11.8 Å². The number of carbonyl (C=O) groups is 1. The van der Waals surface area contributed by atoms with Crippen molar-refractivity contribution in [3.05, 3.63) is 23.9 Å². The van der Waals surface area contributed by atoms with Gasteiger partial charge in [0.2, 0.25) is 0 Å². The summed E-state index contributed by atoms with van der Waals surface area (Å²) in [7, 11) is 0. The van der Waals surface area contributed by atoms with Crippen LogP contribution in [0, 0.1) is 0 Å². The van der Waals surface area contributed by atoms with E-state index in [1.807, 2.05) is 23.9 Å². The van der Waals surface area contributed by atoms with E-state index >= 15 is 0 Å². The number of rotatable bonds is 2. The quantitative estimate of drug-likeness (QED) is 0.769. The molecule has 18 heavy (non-hydrogen) atoms. The molecule has 1 aromatic heterocycles. The van der Waals surface area contributed by atoms with Gasteiger partial charge in [-0.2, -0.15) is 11.8 Å². The molecule has 0 spiro atoms. The van der Waals surface area contributed by atoms with Gasteiger partial charge in [-0.15, -0.1) is 0 Å². The zero-order valence-corrected chi connectivity index (χ0v) is 12.1. The molecular weight excluding hydrogens is 244 g/mol. The van der Waals surface area contributed by atoms with Gasteiger partial charge in [-0.05, 0) is 25.5 Å². The van der Waals surface area contributed by atoms with Crippen molar-refractivity contribution in [3.63, 3.8) is 0 Å². The molecule has 1 aromatic rings. The highest BCUT2D eigenvalue weighted by Crippen LogP contribution is 2.31. The lowest BCUT2D eigenvalue weighted by Gasteiger charge is -2.23. The van der Waals surface area contributed by atoms with Crippen molar-refractivity contribution in [1.82, 2.24) is 4.98 Å². The van der Waals surface area contributed by atoms with Gasteiger partial charge in [-0.3, -0.25) is 4.79 Å². The zero-order valence-electron chi connectivity index (χ0n) is 11.3. The van der Waals surface area contributed by atoms with Crippen LogP contribution in [0.1, 0.15) is 37.6 Å². The van der Waals surface area contributed by atoms with Crippen molar-refractivity contribution in [2.24, 2.45) is 0 Å². The number of anilines is 1. The van der Waals surface area contributed by atoms with E-state index in [1.165, 1.54) is 0 Å². The SMILES string of the molecule is CC(=O)c1ccc(N2CCSC(C)(C)CC2)nc1. The average Bonchev–Trinajstić information content (AvgIpc) is 2.50. The zero-order chi connectivity index (χ0) is 13.2. The number of nitrogens with zero attached hydrogens (tertiary/aromatic N) is 2. The molecule has 1 aliphatic heterocycles. The Kier molecular flexibility index (Phi) is 3.95. The Labute approximate surface area is 113 Å². The van der Waals surface area contributed by atoms with Crippen LogP contribution in [0.3, 0.4) is 0 Å². The highest BCUT2D eigenvalue weighted by atomic mass is 32.2. The van der Waals surface area contributed by atoms with Crippen LogP contribution in [-0.4, -0.2) is 34.4 Å². The number of ketones is 1. The molecule has 0 atom stereocenters. The molecule has 1 fully saturated rings. The molecule has 0 saturated carbocycles. The molecule has 0 amide bonds. The predicted octanol–water partition coefficient (Wildman–Crippen LogP) is 3.01. The van der Waals surface area contributed by atoms with Crippen LogP contribution in [0.5, 0.6) is 0 Å². The lowest BCUT2D eigenvalue weighted by molar-refractivity contribution is 0.101. The Morgan fingerprint density at radius 3 is 2.78 bits per heavy atom. The number of Topliss-reactive ketones (excluding diaryl/α,β-unsaturated/α-hetero) is 1. The van der Waals surface area contributed by atoms with Crippen molar-refractivity contribution in [1.29, 1.82) is 0 Å². The molecule has 1 saturated heterocycles. The first kappa shape index (κ1) is 13.4. The molecule has 98 valence electrons. The highest BCUT2D eigenvalue weighted by molar-refractivity contribution is 8.00. The largest absolute Gasteiger partial charge is 0.356 e. The fourth-order valence-corrected chi connectivity index (χ4v) is 3.13. The summed E-state index contributed by atoms with van der Waals surface area (Å²) in [5.74, 6) is 2.18. The smallest absolute Gasteiger partial charge is 0.161 e. The molecule has 0 aromatic carbocycles. The summed E-state index contributed by atoms with van der Waals surface area (Å²) in [5, 5.41) is 0. The first-order valence-electron chi connectivity index (χ1n) is 6.34. The van der Waals surface area contributed by atoms with Crippen molar-refractivity contribution in [3.8, 4) is 0 Å². The van der Waals surface area contributed by atoms with Gasteiger partial charge in [0.05, 0.1) is 0 Å². The van der Waals surface area contributed by atoms with E-state index in [4.69, 9.17) is 0 Å². The minimum absolute atomic E-state index is 0.0709. The number of pyridine rings is 1. The monoisotopic (exact) mass is 264 g/mol.